The van der Waals surface area contributed by atoms with Crippen molar-refractivity contribution in [1.29, 1.82) is 0 Å². The van der Waals surface area contributed by atoms with E-state index in [-0.39, 0.29) is 11.2 Å². The van der Waals surface area contributed by atoms with Gasteiger partial charge in [-0.3, -0.25) is 0 Å². The van der Waals surface area contributed by atoms with Crippen molar-refractivity contribution in [2.45, 2.75) is 84.3 Å². The van der Waals surface area contributed by atoms with Crippen molar-refractivity contribution in [3.63, 3.8) is 0 Å². The molecule has 0 unspecified atom stereocenters. The number of rotatable bonds is 0. The average molecular weight is 333 g/mol. The van der Waals surface area contributed by atoms with Crippen LogP contribution in [0.5, 0.6) is 0 Å². The Morgan fingerprint density at radius 1 is 0.792 bits per heavy atom. The van der Waals surface area contributed by atoms with Gasteiger partial charge in [0.05, 0.1) is 13.2 Å². The van der Waals surface area contributed by atoms with Crippen molar-refractivity contribution in [2.75, 3.05) is 13.2 Å². The minimum Gasteiger partial charge on any atom is -0.347 e. The lowest BCUT2D eigenvalue weighted by atomic mass is 9.44. The van der Waals surface area contributed by atoms with E-state index >= 15 is 0 Å². The summed E-state index contributed by atoms with van der Waals surface area (Å²) in [6, 6.07) is 0. The van der Waals surface area contributed by atoms with Crippen LogP contribution in [0.1, 0.15) is 78.6 Å². The Hall–Kier alpha value is -0.0800. The molecule has 0 bridgehead atoms. The van der Waals surface area contributed by atoms with Crippen LogP contribution in [-0.4, -0.2) is 19.0 Å². The molecule has 4 aliphatic carbocycles. The first-order valence-electron chi connectivity index (χ1n) is 10.8. The molecule has 24 heavy (non-hydrogen) atoms. The Kier molecular flexibility index (Phi) is 3.51. The minimum atomic E-state index is -0.221. The van der Waals surface area contributed by atoms with E-state index in [4.69, 9.17) is 9.47 Å². The second-order valence-corrected chi connectivity index (χ2v) is 10.5. The summed E-state index contributed by atoms with van der Waals surface area (Å²) in [7, 11) is 0. The van der Waals surface area contributed by atoms with Gasteiger partial charge >= 0.3 is 0 Å². The zero-order valence-electron chi connectivity index (χ0n) is 16.0. The fraction of sp³-hybridized carbons (Fsp3) is 1.00. The molecule has 0 aromatic rings. The Bertz CT molecular complexity index is 510. The third-order valence-corrected chi connectivity index (χ3v) is 9.73. The second-order valence-electron chi connectivity index (χ2n) is 10.5. The van der Waals surface area contributed by atoms with Crippen LogP contribution >= 0.6 is 0 Å². The summed E-state index contributed by atoms with van der Waals surface area (Å²) in [5.41, 5.74) is 0.903. The highest BCUT2D eigenvalue weighted by Crippen LogP contribution is 2.69. The van der Waals surface area contributed by atoms with E-state index in [1.54, 1.807) is 0 Å². The van der Waals surface area contributed by atoms with Crippen molar-refractivity contribution >= 4 is 0 Å². The molecule has 0 aromatic carbocycles. The molecular weight excluding hydrogens is 296 g/mol. The number of hydrogen-bond acceptors (Lipinski definition) is 2. The molecule has 1 aliphatic heterocycles. The van der Waals surface area contributed by atoms with Crippen LogP contribution in [0, 0.1) is 40.4 Å². The molecule has 2 nitrogen and oxygen atoms in total. The smallest absolute Gasteiger partial charge is 0.174 e. The van der Waals surface area contributed by atoms with Gasteiger partial charge in [0.1, 0.15) is 0 Å². The Balaban J connectivity index is 1.45. The van der Waals surface area contributed by atoms with Gasteiger partial charge in [0.15, 0.2) is 5.79 Å². The molecule has 0 N–H and O–H groups in total. The molecule has 5 rings (SSSR count). The van der Waals surface area contributed by atoms with Crippen molar-refractivity contribution in [2.24, 2.45) is 40.4 Å². The highest BCUT2D eigenvalue weighted by atomic mass is 16.7. The summed E-state index contributed by atoms with van der Waals surface area (Å²) in [5, 5.41) is 0. The standard InChI is InChI=1S/C22H36O2/c1-15-6-9-20(2)16(14-15)4-5-17-18(20)7-10-21(3)19(17)8-11-22(21)23-12-13-24-22/h15-19H,4-14H2,1-3H3/t15-,16-,17+,18-,19-,20-,21-/m1/s1. The van der Waals surface area contributed by atoms with E-state index in [0.29, 0.717) is 5.41 Å². The van der Waals surface area contributed by atoms with E-state index in [2.05, 4.69) is 20.8 Å². The lowest BCUT2D eigenvalue weighted by Crippen LogP contribution is -2.56. The lowest BCUT2D eigenvalue weighted by molar-refractivity contribution is -0.247. The topological polar surface area (TPSA) is 18.5 Å². The van der Waals surface area contributed by atoms with Crippen LogP contribution in [-0.2, 0) is 9.47 Å². The van der Waals surface area contributed by atoms with Gasteiger partial charge in [0.25, 0.3) is 0 Å². The third-order valence-electron chi connectivity index (χ3n) is 9.73. The summed E-state index contributed by atoms with van der Waals surface area (Å²) in [6.45, 7) is 9.31. The van der Waals surface area contributed by atoms with E-state index < -0.39 is 0 Å². The Morgan fingerprint density at radius 3 is 2.33 bits per heavy atom. The molecule has 1 saturated heterocycles. The normalized spacial score (nSPS) is 55.9. The molecule has 7 atom stereocenters. The molecule has 2 heteroatoms. The second kappa shape index (κ2) is 5.22. The highest BCUT2D eigenvalue weighted by Gasteiger charge is 2.67. The van der Waals surface area contributed by atoms with Gasteiger partial charge in [-0.2, -0.15) is 0 Å². The van der Waals surface area contributed by atoms with Crippen LogP contribution in [0.25, 0.3) is 0 Å². The molecule has 5 fully saturated rings. The van der Waals surface area contributed by atoms with Gasteiger partial charge in [0.2, 0.25) is 0 Å². The highest BCUT2D eigenvalue weighted by molar-refractivity contribution is 5.12. The van der Waals surface area contributed by atoms with Gasteiger partial charge in [-0.1, -0.05) is 27.2 Å². The van der Waals surface area contributed by atoms with Crippen molar-refractivity contribution in [3.8, 4) is 0 Å². The molecule has 1 heterocycles. The maximum absolute atomic E-state index is 6.28. The van der Waals surface area contributed by atoms with E-state index in [1.165, 1.54) is 51.4 Å². The molecule has 0 aromatic heterocycles. The Labute approximate surface area is 148 Å². The van der Waals surface area contributed by atoms with Crippen molar-refractivity contribution < 1.29 is 9.47 Å². The number of ether oxygens (including phenoxy) is 2. The largest absolute Gasteiger partial charge is 0.347 e. The minimum absolute atomic E-state index is 0.221. The molecule has 4 saturated carbocycles. The number of fused-ring (bicyclic) bond motifs is 6. The van der Waals surface area contributed by atoms with E-state index in [0.717, 1.165) is 49.2 Å². The predicted octanol–water partition coefficient (Wildman–Crippen LogP) is 5.41. The maximum Gasteiger partial charge on any atom is 0.174 e. The summed E-state index contributed by atoms with van der Waals surface area (Å²) >= 11 is 0. The van der Waals surface area contributed by atoms with Gasteiger partial charge < -0.3 is 9.47 Å². The fourth-order valence-electron chi connectivity index (χ4n) is 8.36. The molecule has 5 aliphatic rings. The van der Waals surface area contributed by atoms with Crippen LogP contribution in [0.2, 0.25) is 0 Å². The molecular formula is C22H36O2. The summed E-state index contributed by atoms with van der Waals surface area (Å²) < 4.78 is 12.6. The van der Waals surface area contributed by atoms with E-state index in [9.17, 15) is 0 Å². The predicted molar refractivity (Wildman–Crippen MR) is 95.5 cm³/mol. The van der Waals surface area contributed by atoms with Crippen LogP contribution in [0.15, 0.2) is 0 Å². The van der Waals surface area contributed by atoms with E-state index in [1.807, 2.05) is 0 Å². The quantitative estimate of drug-likeness (QED) is 0.590. The summed E-state index contributed by atoms with van der Waals surface area (Å²) in [6.07, 6.45) is 12.7. The van der Waals surface area contributed by atoms with Gasteiger partial charge in [-0.15, -0.1) is 0 Å². The van der Waals surface area contributed by atoms with Crippen molar-refractivity contribution in [1.82, 2.24) is 0 Å². The maximum atomic E-state index is 6.28. The van der Waals surface area contributed by atoms with Crippen LogP contribution in [0.3, 0.4) is 0 Å². The van der Waals surface area contributed by atoms with Crippen molar-refractivity contribution in [3.05, 3.63) is 0 Å². The van der Waals surface area contributed by atoms with Gasteiger partial charge in [-0.05, 0) is 80.0 Å². The first-order chi connectivity index (χ1) is 11.5. The molecule has 0 amide bonds. The molecule has 1 spiro atoms. The first kappa shape index (κ1) is 16.1. The monoisotopic (exact) mass is 332 g/mol. The van der Waals surface area contributed by atoms with Gasteiger partial charge in [-0.25, -0.2) is 0 Å². The summed E-state index contributed by atoms with van der Waals surface area (Å²) in [4.78, 5) is 0. The van der Waals surface area contributed by atoms with Crippen LogP contribution in [0.4, 0.5) is 0 Å². The SMILES string of the molecule is C[C@@H]1CC[C@]2(C)[C@H](CC[C@H]3[C@H]2CC[C@]2(C)[C@@H]3CCC23OCCO3)C1. The fourth-order valence-corrected chi connectivity index (χ4v) is 8.36. The van der Waals surface area contributed by atoms with Crippen LogP contribution < -0.4 is 0 Å². The Morgan fingerprint density at radius 2 is 1.54 bits per heavy atom. The summed E-state index contributed by atoms with van der Waals surface area (Å²) in [5.74, 6) is 4.49. The molecule has 0 radical (unpaired) electrons. The zero-order chi connectivity index (χ0) is 16.6. The zero-order valence-corrected chi connectivity index (χ0v) is 16.0. The number of hydrogen-bond donors (Lipinski definition) is 0. The lowest BCUT2D eigenvalue weighted by Gasteiger charge is -2.61. The molecule has 136 valence electrons. The third kappa shape index (κ3) is 1.91. The average Bonchev–Trinajstić information content (AvgIpc) is 3.15. The first-order valence-corrected chi connectivity index (χ1v) is 10.8. The van der Waals surface area contributed by atoms with Gasteiger partial charge in [0, 0.05) is 11.8 Å².